The van der Waals surface area contributed by atoms with E-state index < -0.39 is 0 Å². The zero-order valence-corrected chi connectivity index (χ0v) is 19.3. The summed E-state index contributed by atoms with van der Waals surface area (Å²) in [7, 11) is 1.82. The fourth-order valence-electron chi connectivity index (χ4n) is 3.46. The van der Waals surface area contributed by atoms with Gasteiger partial charge >= 0.3 is 0 Å². The molecule has 1 aliphatic rings. The average Bonchev–Trinajstić information content (AvgIpc) is 3.09. The quantitative estimate of drug-likeness (QED) is 0.594. The highest BCUT2D eigenvalue weighted by Crippen LogP contribution is 2.24. The van der Waals surface area contributed by atoms with Crippen LogP contribution in [-0.4, -0.2) is 38.4 Å². The Kier molecular flexibility index (Phi) is 8.02. The van der Waals surface area contributed by atoms with Crippen LogP contribution in [0.25, 0.3) is 0 Å². The molecule has 30 heavy (non-hydrogen) atoms. The van der Waals surface area contributed by atoms with Gasteiger partial charge in [-0.2, -0.15) is 0 Å². The molecule has 0 saturated heterocycles. The Hall–Kier alpha value is -1.77. The number of nitrogens with one attached hydrogen (secondary N) is 2. The largest absolute Gasteiger partial charge is 0.353 e. The van der Waals surface area contributed by atoms with Crippen LogP contribution in [0, 0.1) is 0 Å². The molecule has 2 N–H and O–H groups in total. The van der Waals surface area contributed by atoms with Crippen molar-refractivity contribution in [2.45, 2.75) is 56.3 Å². The third-order valence-electron chi connectivity index (χ3n) is 5.09. The lowest BCUT2D eigenvalue weighted by Crippen LogP contribution is -2.37. The first-order chi connectivity index (χ1) is 14.3. The number of amides is 2. The average molecular weight is 470 g/mol. The summed E-state index contributed by atoms with van der Waals surface area (Å²) in [4.78, 5) is 24.7. The smallest absolute Gasteiger partial charge is 0.251 e. The second kappa shape index (κ2) is 10.5. The number of benzene rings is 1. The van der Waals surface area contributed by atoms with Crippen LogP contribution < -0.4 is 10.6 Å². The normalized spacial score (nSPS) is 15.6. The van der Waals surface area contributed by atoms with Crippen molar-refractivity contribution in [3.8, 4) is 0 Å². The zero-order valence-electron chi connectivity index (χ0n) is 17.0. The van der Waals surface area contributed by atoms with Gasteiger partial charge < -0.3 is 15.2 Å². The van der Waals surface area contributed by atoms with Crippen LogP contribution in [0.4, 0.5) is 0 Å². The topological polar surface area (TPSA) is 88.9 Å². The fraction of sp³-hybridized carbons (Fsp3) is 0.500. The zero-order chi connectivity index (χ0) is 21.7. The van der Waals surface area contributed by atoms with Crippen molar-refractivity contribution in [2.24, 2.45) is 7.05 Å². The summed E-state index contributed by atoms with van der Waals surface area (Å²) in [6, 6.07) is 4.63. The fourth-order valence-corrected chi connectivity index (χ4v) is 4.48. The molecule has 0 aliphatic heterocycles. The first kappa shape index (κ1) is 22.9. The molecule has 2 aromatic rings. The summed E-state index contributed by atoms with van der Waals surface area (Å²) in [5.74, 6) is 0.605. The number of hydrogen-bond acceptors (Lipinski definition) is 5. The molecule has 1 saturated carbocycles. The molecule has 162 valence electrons. The molecule has 0 spiro atoms. The summed E-state index contributed by atoms with van der Waals surface area (Å²) >= 11 is 13.2. The molecule has 1 fully saturated rings. The van der Waals surface area contributed by atoms with Gasteiger partial charge in [-0.05, 0) is 38.0 Å². The lowest BCUT2D eigenvalue weighted by atomic mass is 9.95. The number of carbonyl (C=O) groups excluding carboxylic acids is 2. The van der Waals surface area contributed by atoms with E-state index in [0.29, 0.717) is 32.6 Å². The predicted octanol–water partition coefficient (Wildman–Crippen LogP) is 4.15. The molecule has 1 aromatic heterocycles. The van der Waals surface area contributed by atoms with Crippen LogP contribution in [0.5, 0.6) is 0 Å². The minimum Gasteiger partial charge on any atom is -0.353 e. The molecule has 1 atom stereocenters. The predicted molar refractivity (Wildman–Crippen MR) is 119 cm³/mol. The number of thioether (sulfide) groups is 1. The molecule has 0 radical (unpaired) electrons. The van der Waals surface area contributed by atoms with Gasteiger partial charge in [-0.1, -0.05) is 54.2 Å². The number of halogens is 2. The standard InChI is InChI=1S/C20H25Cl2N5O2S/c1-12(23-19(29)13-8-9-15(21)16(22)10-13)18-25-26-20(27(18)2)30-11-17(28)24-14-6-4-3-5-7-14/h8-10,12,14H,3-7,11H2,1-2H3,(H,23,29)(H,24,28)/t12-/m0/s1. The van der Waals surface area contributed by atoms with Crippen LogP contribution in [0.2, 0.25) is 10.0 Å². The van der Waals surface area contributed by atoms with E-state index in [1.54, 1.807) is 16.7 Å². The van der Waals surface area contributed by atoms with Crippen LogP contribution in [0.1, 0.15) is 61.3 Å². The van der Waals surface area contributed by atoms with Gasteiger partial charge in [-0.15, -0.1) is 10.2 Å². The van der Waals surface area contributed by atoms with Crippen LogP contribution in [0.3, 0.4) is 0 Å². The molecular formula is C20H25Cl2N5O2S. The number of rotatable bonds is 7. The molecule has 1 heterocycles. The van der Waals surface area contributed by atoms with Gasteiger partial charge in [0.1, 0.15) is 0 Å². The lowest BCUT2D eigenvalue weighted by Gasteiger charge is -2.22. The van der Waals surface area contributed by atoms with E-state index in [4.69, 9.17) is 23.2 Å². The monoisotopic (exact) mass is 469 g/mol. The minimum atomic E-state index is -0.380. The Morgan fingerprint density at radius 2 is 1.93 bits per heavy atom. The van der Waals surface area contributed by atoms with E-state index in [2.05, 4.69) is 20.8 Å². The van der Waals surface area contributed by atoms with E-state index in [9.17, 15) is 9.59 Å². The maximum Gasteiger partial charge on any atom is 0.251 e. The van der Waals surface area contributed by atoms with Gasteiger partial charge in [0.05, 0.1) is 21.8 Å². The van der Waals surface area contributed by atoms with Gasteiger partial charge in [0.2, 0.25) is 5.91 Å². The number of hydrogen-bond donors (Lipinski definition) is 2. The van der Waals surface area contributed by atoms with Gasteiger partial charge in [-0.3, -0.25) is 9.59 Å². The maximum atomic E-state index is 12.5. The highest BCUT2D eigenvalue weighted by atomic mass is 35.5. The van der Waals surface area contributed by atoms with E-state index in [-0.39, 0.29) is 23.6 Å². The summed E-state index contributed by atoms with van der Waals surface area (Å²) < 4.78 is 1.79. The Morgan fingerprint density at radius 1 is 1.20 bits per heavy atom. The van der Waals surface area contributed by atoms with Crippen molar-refractivity contribution in [1.29, 1.82) is 0 Å². The first-order valence-electron chi connectivity index (χ1n) is 9.92. The molecule has 10 heteroatoms. The SMILES string of the molecule is C[C@H](NC(=O)c1ccc(Cl)c(Cl)c1)c1nnc(SCC(=O)NC2CCCCC2)n1C. The third kappa shape index (κ3) is 5.89. The molecular weight excluding hydrogens is 445 g/mol. The summed E-state index contributed by atoms with van der Waals surface area (Å²) in [5, 5.41) is 15.7. The van der Waals surface area contributed by atoms with Gasteiger partial charge in [-0.25, -0.2) is 0 Å². The molecule has 0 unspecified atom stereocenters. The van der Waals surface area contributed by atoms with Crippen molar-refractivity contribution in [3.63, 3.8) is 0 Å². The maximum absolute atomic E-state index is 12.5. The molecule has 2 amide bonds. The Labute approximate surface area is 190 Å². The van der Waals surface area contributed by atoms with Crippen LogP contribution in [-0.2, 0) is 11.8 Å². The van der Waals surface area contributed by atoms with Crippen LogP contribution in [0.15, 0.2) is 23.4 Å². The second-order valence-corrected chi connectivity index (χ2v) is 9.17. The molecule has 7 nitrogen and oxygen atoms in total. The van der Waals surface area contributed by atoms with Crippen molar-refractivity contribution < 1.29 is 9.59 Å². The van der Waals surface area contributed by atoms with E-state index in [1.165, 1.54) is 37.1 Å². The highest BCUT2D eigenvalue weighted by Gasteiger charge is 2.20. The third-order valence-corrected chi connectivity index (χ3v) is 6.85. The minimum absolute atomic E-state index is 0.0115. The van der Waals surface area contributed by atoms with Crippen molar-refractivity contribution in [2.75, 3.05) is 5.75 Å². The van der Waals surface area contributed by atoms with E-state index in [1.807, 2.05) is 14.0 Å². The second-order valence-electron chi connectivity index (χ2n) is 7.41. The number of aromatic nitrogens is 3. The van der Waals surface area contributed by atoms with E-state index in [0.717, 1.165) is 12.8 Å². The lowest BCUT2D eigenvalue weighted by molar-refractivity contribution is -0.119. The van der Waals surface area contributed by atoms with Crippen LogP contribution >= 0.6 is 35.0 Å². The van der Waals surface area contributed by atoms with E-state index >= 15 is 0 Å². The van der Waals surface area contributed by atoms with Gasteiger partial charge in [0.15, 0.2) is 11.0 Å². The Balaban J connectivity index is 1.55. The van der Waals surface area contributed by atoms with Crippen molar-refractivity contribution in [3.05, 3.63) is 39.6 Å². The van der Waals surface area contributed by atoms with Crippen molar-refractivity contribution >= 4 is 46.8 Å². The molecule has 0 bridgehead atoms. The summed E-state index contributed by atoms with van der Waals surface area (Å²) in [6.45, 7) is 1.82. The Bertz CT molecular complexity index is 915. The molecule has 1 aliphatic carbocycles. The highest BCUT2D eigenvalue weighted by molar-refractivity contribution is 7.99. The Morgan fingerprint density at radius 3 is 2.63 bits per heavy atom. The van der Waals surface area contributed by atoms with Crippen molar-refractivity contribution in [1.82, 2.24) is 25.4 Å². The number of carbonyl (C=O) groups is 2. The number of nitrogens with zero attached hydrogens (tertiary/aromatic N) is 3. The molecule has 3 rings (SSSR count). The summed E-state index contributed by atoms with van der Waals surface area (Å²) in [6.07, 6.45) is 5.72. The molecule has 1 aromatic carbocycles. The summed E-state index contributed by atoms with van der Waals surface area (Å²) in [5.41, 5.74) is 0.410. The van der Waals surface area contributed by atoms with Gasteiger partial charge in [0.25, 0.3) is 5.91 Å². The first-order valence-corrected chi connectivity index (χ1v) is 11.7. The van der Waals surface area contributed by atoms with Gasteiger partial charge in [0, 0.05) is 18.7 Å².